The molecule has 94 valence electrons. The first-order valence-electron chi connectivity index (χ1n) is 5.86. The van der Waals surface area contributed by atoms with Gasteiger partial charge < -0.3 is 14.6 Å². The molecule has 2 heterocycles. The summed E-state index contributed by atoms with van der Waals surface area (Å²) in [5.41, 5.74) is 2.35. The maximum atomic E-state index is 5.25. The van der Waals surface area contributed by atoms with Gasteiger partial charge in [-0.2, -0.15) is 0 Å². The van der Waals surface area contributed by atoms with E-state index < -0.39 is 0 Å². The molecule has 0 amide bonds. The van der Waals surface area contributed by atoms with Gasteiger partial charge in [0.25, 0.3) is 0 Å². The molecule has 1 aromatic carbocycles. The predicted octanol–water partition coefficient (Wildman–Crippen LogP) is 2.33. The van der Waals surface area contributed by atoms with E-state index in [-0.39, 0.29) is 0 Å². The third-order valence-corrected chi connectivity index (χ3v) is 3.90. The van der Waals surface area contributed by atoms with Crippen molar-refractivity contribution in [2.45, 2.75) is 5.92 Å². The number of nitrogens with zero attached hydrogens (tertiary/aromatic N) is 2. The molecule has 3 rings (SSSR count). The highest BCUT2D eigenvalue weighted by Gasteiger charge is 2.22. The molecule has 0 bridgehead atoms. The highest BCUT2D eigenvalue weighted by Crippen LogP contribution is 2.29. The van der Waals surface area contributed by atoms with Gasteiger partial charge in [0.2, 0.25) is 0 Å². The van der Waals surface area contributed by atoms with Crippen molar-refractivity contribution in [1.29, 1.82) is 0 Å². The molecule has 1 fully saturated rings. The van der Waals surface area contributed by atoms with Crippen LogP contribution < -0.4 is 10.1 Å². The highest BCUT2D eigenvalue weighted by molar-refractivity contribution is 9.10. The molecule has 0 unspecified atom stereocenters. The van der Waals surface area contributed by atoms with Crippen molar-refractivity contribution in [3.8, 4) is 11.4 Å². The third-order valence-electron chi connectivity index (χ3n) is 3.28. The topological polar surface area (TPSA) is 39.1 Å². The summed E-state index contributed by atoms with van der Waals surface area (Å²) >= 11 is 3.51. The van der Waals surface area contributed by atoms with E-state index in [1.165, 1.54) is 5.69 Å². The Morgan fingerprint density at radius 1 is 1.44 bits per heavy atom. The molecule has 0 spiro atoms. The summed E-state index contributed by atoms with van der Waals surface area (Å²) in [7, 11) is 1.67. The first-order chi connectivity index (χ1) is 8.79. The first-order valence-corrected chi connectivity index (χ1v) is 6.66. The molecule has 1 aliphatic heterocycles. The Hall–Kier alpha value is -1.33. The third kappa shape index (κ3) is 1.93. The second-order valence-corrected chi connectivity index (χ2v) is 5.22. The van der Waals surface area contributed by atoms with Crippen molar-refractivity contribution in [2.75, 3.05) is 20.2 Å². The lowest BCUT2D eigenvalue weighted by Gasteiger charge is -2.27. The number of hydrogen-bond acceptors (Lipinski definition) is 3. The molecule has 0 saturated carbocycles. The van der Waals surface area contributed by atoms with Gasteiger partial charge >= 0.3 is 0 Å². The lowest BCUT2D eigenvalue weighted by atomic mass is 10.00. The summed E-state index contributed by atoms with van der Waals surface area (Å²) in [5, 5.41) is 3.29. The van der Waals surface area contributed by atoms with Gasteiger partial charge in [-0.05, 0) is 34.1 Å². The normalized spacial score (nSPS) is 15.4. The number of ether oxygens (including phenoxy) is 1. The summed E-state index contributed by atoms with van der Waals surface area (Å²) in [5.74, 6) is 1.40. The standard InChI is InChI=1S/C13H14BrN3O/c1-18-13-3-2-10(4-11(13)14)17-8-16-7-12(17)9-5-15-6-9/h2-4,7-9,15H,5-6H2,1H3. The van der Waals surface area contributed by atoms with Crippen LogP contribution in [0.3, 0.4) is 0 Å². The Balaban J connectivity index is 1.99. The second-order valence-electron chi connectivity index (χ2n) is 4.36. The van der Waals surface area contributed by atoms with E-state index in [4.69, 9.17) is 4.74 Å². The molecule has 0 radical (unpaired) electrons. The fraction of sp³-hybridized carbons (Fsp3) is 0.308. The molecular formula is C13H14BrN3O. The van der Waals surface area contributed by atoms with Gasteiger partial charge in [0.15, 0.2) is 0 Å². The van der Waals surface area contributed by atoms with Gasteiger partial charge in [0.1, 0.15) is 5.75 Å². The van der Waals surface area contributed by atoms with E-state index in [1.807, 2.05) is 24.7 Å². The maximum absolute atomic E-state index is 5.25. The minimum absolute atomic E-state index is 0.563. The van der Waals surface area contributed by atoms with Crippen LogP contribution in [-0.2, 0) is 0 Å². The Morgan fingerprint density at radius 3 is 2.89 bits per heavy atom. The van der Waals surface area contributed by atoms with E-state index in [9.17, 15) is 0 Å². The zero-order valence-electron chi connectivity index (χ0n) is 10.1. The van der Waals surface area contributed by atoms with Crippen LogP contribution in [0.25, 0.3) is 5.69 Å². The van der Waals surface area contributed by atoms with Crippen molar-refractivity contribution in [2.24, 2.45) is 0 Å². The summed E-state index contributed by atoms with van der Waals surface area (Å²) in [6.07, 6.45) is 3.81. The van der Waals surface area contributed by atoms with Crippen molar-refractivity contribution in [3.63, 3.8) is 0 Å². The SMILES string of the molecule is COc1ccc(-n2cncc2C2CNC2)cc1Br. The van der Waals surface area contributed by atoms with Crippen LogP contribution in [0.5, 0.6) is 5.75 Å². The van der Waals surface area contributed by atoms with Gasteiger partial charge in [0.05, 0.1) is 17.9 Å². The zero-order chi connectivity index (χ0) is 12.5. The summed E-state index contributed by atoms with van der Waals surface area (Å²) in [6.45, 7) is 2.06. The van der Waals surface area contributed by atoms with Gasteiger partial charge in [-0.15, -0.1) is 0 Å². The van der Waals surface area contributed by atoms with Crippen LogP contribution in [0.1, 0.15) is 11.6 Å². The van der Waals surface area contributed by atoms with Crippen molar-refractivity contribution < 1.29 is 4.74 Å². The predicted molar refractivity (Wildman–Crippen MR) is 73.4 cm³/mol. The van der Waals surface area contributed by atoms with Crippen LogP contribution in [0.2, 0.25) is 0 Å². The number of nitrogens with one attached hydrogen (secondary N) is 1. The number of halogens is 1. The average molecular weight is 308 g/mol. The van der Waals surface area contributed by atoms with Crippen LogP contribution in [0.15, 0.2) is 35.2 Å². The number of imidazole rings is 1. The second kappa shape index (κ2) is 4.74. The lowest BCUT2D eigenvalue weighted by Crippen LogP contribution is -2.40. The Bertz CT molecular complexity index is 563. The fourth-order valence-electron chi connectivity index (χ4n) is 2.13. The van der Waals surface area contributed by atoms with Crippen LogP contribution in [0, 0.1) is 0 Å². The van der Waals surface area contributed by atoms with Crippen LogP contribution >= 0.6 is 15.9 Å². The van der Waals surface area contributed by atoms with Gasteiger partial charge in [-0.1, -0.05) is 0 Å². The van der Waals surface area contributed by atoms with Crippen molar-refractivity contribution in [3.05, 3.63) is 40.9 Å². The van der Waals surface area contributed by atoms with Gasteiger partial charge in [0, 0.05) is 36.6 Å². The quantitative estimate of drug-likeness (QED) is 0.946. The van der Waals surface area contributed by atoms with Gasteiger partial charge in [-0.3, -0.25) is 0 Å². The average Bonchev–Trinajstić information content (AvgIpc) is 2.75. The van der Waals surface area contributed by atoms with Crippen LogP contribution in [-0.4, -0.2) is 29.8 Å². The van der Waals surface area contributed by atoms with E-state index in [0.717, 1.165) is 29.0 Å². The first kappa shape index (κ1) is 11.7. The molecule has 1 saturated heterocycles. The minimum atomic E-state index is 0.563. The summed E-state index contributed by atoms with van der Waals surface area (Å²) < 4.78 is 8.33. The number of benzene rings is 1. The van der Waals surface area contributed by atoms with Gasteiger partial charge in [-0.25, -0.2) is 4.98 Å². The maximum Gasteiger partial charge on any atom is 0.133 e. The summed E-state index contributed by atoms with van der Waals surface area (Å²) in [4.78, 5) is 4.26. The van der Waals surface area contributed by atoms with Crippen molar-refractivity contribution in [1.82, 2.24) is 14.9 Å². The molecule has 2 aromatic rings. The molecule has 0 atom stereocenters. The zero-order valence-corrected chi connectivity index (χ0v) is 11.6. The number of hydrogen-bond donors (Lipinski definition) is 1. The molecule has 5 heteroatoms. The molecule has 1 aromatic heterocycles. The highest BCUT2D eigenvalue weighted by atomic mass is 79.9. The number of methoxy groups -OCH3 is 1. The Labute approximate surface area is 114 Å². The van der Waals surface area contributed by atoms with E-state index in [0.29, 0.717) is 5.92 Å². The number of aromatic nitrogens is 2. The van der Waals surface area contributed by atoms with Crippen LogP contribution in [0.4, 0.5) is 0 Å². The number of rotatable bonds is 3. The lowest BCUT2D eigenvalue weighted by molar-refractivity contribution is 0.412. The van der Waals surface area contributed by atoms with E-state index in [1.54, 1.807) is 7.11 Å². The minimum Gasteiger partial charge on any atom is -0.496 e. The van der Waals surface area contributed by atoms with E-state index >= 15 is 0 Å². The molecule has 18 heavy (non-hydrogen) atoms. The Kier molecular flexibility index (Phi) is 3.09. The largest absolute Gasteiger partial charge is 0.496 e. The molecule has 1 aliphatic rings. The van der Waals surface area contributed by atoms with E-state index in [2.05, 4.69) is 36.9 Å². The van der Waals surface area contributed by atoms with Crippen molar-refractivity contribution >= 4 is 15.9 Å². The molecule has 1 N–H and O–H groups in total. The smallest absolute Gasteiger partial charge is 0.133 e. The molecule has 4 nitrogen and oxygen atoms in total. The monoisotopic (exact) mass is 307 g/mol. The Morgan fingerprint density at radius 2 is 2.28 bits per heavy atom. The molecular weight excluding hydrogens is 294 g/mol. The fourth-order valence-corrected chi connectivity index (χ4v) is 2.65. The summed E-state index contributed by atoms with van der Waals surface area (Å²) in [6, 6.07) is 6.05. The molecule has 0 aliphatic carbocycles.